The minimum atomic E-state index is -0.207. The molecule has 1 aliphatic carbocycles. The number of carbonyl (C=O) groups excluding carboxylic acids is 1. The summed E-state index contributed by atoms with van der Waals surface area (Å²) in [5.41, 5.74) is 3.99. The fourth-order valence-corrected chi connectivity index (χ4v) is 4.86. The van der Waals surface area contributed by atoms with E-state index in [0.29, 0.717) is 17.0 Å². The number of aryl methyl sites for hydroxylation is 1. The third-order valence-corrected chi connectivity index (χ3v) is 6.63. The van der Waals surface area contributed by atoms with Gasteiger partial charge in [-0.15, -0.1) is 0 Å². The number of carbonyl (C=O) groups is 1. The zero-order valence-corrected chi connectivity index (χ0v) is 17.9. The second-order valence-electron chi connectivity index (χ2n) is 8.83. The van der Waals surface area contributed by atoms with Crippen LogP contribution < -0.4 is 5.32 Å². The summed E-state index contributed by atoms with van der Waals surface area (Å²) in [6.07, 6.45) is 7.58. The summed E-state index contributed by atoms with van der Waals surface area (Å²) >= 11 is 0. The van der Waals surface area contributed by atoms with E-state index in [1.54, 1.807) is 13.0 Å². The number of oxazole rings is 1. The van der Waals surface area contributed by atoms with E-state index in [2.05, 4.69) is 5.32 Å². The molecule has 1 N–H and O–H groups in total. The van der Waals surface area contributed by atoms with Gasteiger partial charge in [-0.25, -0.2) is 14.2 Å². The fourth-order valence-electron chi connectivity index (χ4n) is 4.86. The maximum absolute atomic E-state index is 13.6. The second kappa shape index (κ2) is 8.33. The van der Waals surface area contributed by atoms with Crippen LogP contribution in [-0.4, -0.2) is 28.5 Å². The van der Waals surface area contributed by atoms with Crippen molar-refractivity contribution in [2.24, 2.45) is 0 Å². The van der Waals surface area contributed by atoms with Gasteiger partial charge < -0.3 is 14.6 Å². The average molecular weight is 422 g/mol. The summed E-state index contributed by atoms with van der Waals surface area (Å²) in [5, 5.41) is 3.22. The zero-order chi connectivity index (χ0) is 21.4. The Kier molecular flexibility index (Phi) is 5.38. The largest absolute Gasteiger partial charge is 0.438 e. The number of aromatic nitrogens is 1. The van der Waals surface area contributed by atoms with E-state index in [0.717, 1.165) is 48.9 Å². The molecular formula is C25H28FN3O2. The molecule has 0 radical (unpaired) electrons. The normalized spacial score (nSPS) is 19.8. The second-order valence-corrected chi connectivity index (χ2v) is 8.83. The van der Waals surface area contributed by atoms with Gasteiger partial charge >= 0.3 is 6.03 Å². The topological polar surface area (TPSA) is 58.4 Å². The van der Waals surface area contributed by atoms with Crippen LogP contribution >= 0.6 is 0 Å². The lowest BCUT2D eigenvalue weighted by Gasteiger charge is -2.28. The highest BCUT2D eigenvalue weighted by atomic mass is 19.1. The number of hydrogen-bond acceptors (Lipinski definition) is 3. The van der Waals surface area contributed by atoms with Gasteiger partial charge in [-0.2, -0.15) is 0 Å². The van der Waals surface area contributed by atoms with Crippen LogP contribution in [0.4, 0.5) is 9.18 Å². The highest BCUT2D eigenvalue weighted by Gasteiger charge is 2.34. The van der Waals surface area contributed by atoms with Crippen molar-refractivity contribution < 1.29 is 13.6 Å². The van der Waals surface area contributed by atoms with Gasteiger partial charge in [-0.05, 0) is 73.6 Å². The van der Waals surface area contributed by atoms with Gasteiger partial charge in [0.05, 0.1) is 0 Å². The monoisotopic (exact) mass is 421 g/mol. The van der Waals surface area contributed by atoms with Crippen LogP contribution in [0.25, 0.3) is 22.2 Å². The molecule has 2 heterocycles. The van der Waals surface area contributed by atoms with Gasteiger partial charge in [0.25, 0.3) is 0 Å². The molecule has 6 heteroatoms. The number of fused-ring (bicyclic) bond motifs is 1. The van der Waals surface area contributed by atoms with Crippen LogP contribution in [-0.2, 0) is 0 Å². The van der Waals surface area contributed by atoms with Crippen LogP contribution in [0.2, 0.25) is 0 Å². The van der Waals surface area contributed by atoms with E-state index >= 15 is 0 Å². The molecule has 2 amide bonds. The Balaban J connectivity index is 1.37. The SMILES string of the molecule is Cc1cc(-c2ccc3oc([C@H]4CCCN4C(=O)NC4CCCCC4)nc3c2)ccc1F. The molecule has 2 fully saturated rings. The van der Waals surface area contributed by atoms with Crippen molar-refractivity contribution in [3.05, 3.63) is 53.7 Å². The predicted molar refractivity (Wildman–Crippen MR) is 118 cm³/mol. The van der Waals surface area contributed by atoms with Crippen molar-refractivity contribution in [3.63, 3.8) is 0 Å². The molecule has 5 nitrogen and oxygen atoms in total. The lowest BCUT2D eigenvalue weighted by atomic mass is 9.96. The summed E-state index contributed by atoms with van der Waals surface area (Å²) in [4.78, 5) is 19.5. The molecule has 0 unspecified atom stereocenters. The first-order valence-corrected chi connectivity index (χ1v) is 11.3. The number of urea groups is 1. The van der Waals surface area contributed by atoms with E-state index in [1.165, 1.54) is 25.3 Å². The number of halogens is 1. The van der Waals surface area contributed by atoms with Crippen LogP contribution in [0, 0.1) is 12.7 Å². The van der Waals surface area contributed by atoms with Crippen molar-refractivity contribution in [3.8, 4) is 11.1 Å². The Morgan fingerprint density at radius 3 is 2.65 bits per heavy atom. The fraction of sp³-hybridized carbons (Fsp3) is 0.440. The minimum Gasteiger partial charge on any atom is -0.438 e. The molecule has 1 aromatic heterocycles. The van der Waals surface area contributed by atoms with E-state index in [1.807, 2.05) is 29.2 Å². The Labute approximate surface area is 181 Å². The van der Waals surface area contributed by atoms with Crippen molar-refractivity contribution in [2.75, 3.05) is 6.54 Å². The number of hydrogen-bond donors (Lipinski definition) is 1. The molecule has 0 bridgehead atoms. The third-order valence-electron chi connectivity index (χ3n) is 6.63. The molecule has 5 rings (SSSR count). The number of likely N-dealkylation sites (tertiary alicyclic amines) is 1. The highest BCUT2D eigenvalue weighted by molar-refractivity contribution is 5.81. The standard InChI is InChI=1S/C25H28FN3O2/c1-16-14-17(9-11-20(16)26)18-10-12-23-21(15-18)28-24(31-23)22-8-5-13-29(22)25(30)27-19-6-3-2-4-7-19/h9-12,14-15,19,22H,2-8,13H2,1H3,(H,27,30)/t22-/m1/s1. The van der Waals surface area contributed by atoms with Crippen LogP contribution in [0.15, 0.2) is 40.8 Å². The first-order valence-electron chi connectivity index (χ1n) is 11.3. The Hall–Kier alpha value is -2.89. The van der Waals surface area contributed by atoms with Crippen molar-refractivity contribution in [1.29, 1.82) is 0 Å². The summed E-state index contributed by atoms with van der Waals surface area (Å²) in [5.74, 6) is 0.389. The molecule has 1 saturated heterocycles. The molecule has 1 aliphatic heterocycles. The van der Waals surface area contributed by atoms with Gasteiger partial charge in [0.2, 0.25) is 5.89 Å². The Morgan fingerprint density at radius 1 is 1.06 bits per heavy atom. The van der Waals surface area contributed by atoms with E-state index in [9.17, 15) is 9.18 Å². The van der Waals surface area contributed by atoms with Crippen molar-refractivity contribution >= 4 is 17.1 Å². The first-order chi connectivity index (χ1) is 15.1. The van der Waals surface area contributed by atoms with E-state index < -0.39 is 0 Å². The molecule has 3 aromatic rings. The lowest BCUT2D eigenvalue weighted by molar-refractivity contribution is 0.178. The smallest absolute Gasteiger partial charge is 0.318 e. The summed E-state index contributed by atoms with van der Waals surface area (Å²) in [6.45, 7) is 2.49. The van der Waals surface area contributed by atoms with E-state index in [-0.39, 0.29) is 23.9 Å². The maximum Gasteiger partial charge on any atom is 0.318 e. The van der Waals surface area contributed by atoms with Gasteiger partial charge in [0, 0.05) is 12.6 Å². The maximum atomic E-state index is 13.6. The molecule has 162 valence electrons. The van der Waals surface area contributed by atoms with Crippen LogP contribution in [0.3, 0.4) is 0 Å². The van der Waals surface area contributed by atoms with Gasteiger partial charge in [-0.1, -0.05) is 31.4 Å². The quantitative estimate of drug-likeness (QED) is 0.554. The van der Waals surface area contributed by atoms with Crippen LogP contribution in [0.1, 0.15) is 62.4 Å². The molecule has 2 aromatic carbocycles. The summed E-state index contributed by atoms with van der Waals surface area (Å²) < 4.78 is 19.7. The molecule has 0 spiro atoms. The van der Waals surface area contributed by atoms with Gasteiger partial charge in [0.1, 0.15) is 17.4 Å². The lowest BCUT2D eigenvalue weighted by Crippen LogP contribution is -2.45. The molecule has 1 saturated carbocycles. The average Bonchev–Trinajstić information content (AvgIpc) is 3.42. The summed E-state index contributed by atoms with van der Waals surface area (Å²) in [6, 6.07) is 11.1. The number of benzene rings is 2. The third kappa shape index (κ3) is 4.03. The van der Waals surface area contributed by atoms with Crippen molar-refractivity contribution in [2.45, 2.75) is 64.0 Å². The highest BCUT2D eigenvalue weighted by Crippen LogP contribution is 2.34. The molecule has 2 aliphatic rings. The van der Waals surface area contributed by atoms with Gasteiger partial charge in [-0.3, -0.25) is 0 Å². The Bertz CT molecular complexity index is 1100. The molecular weight excluding hydrogens is 393 g/mol. The minimum absolute atomic E-state index is 0.000803. The number of rotatable bonds is 3. The zero-order valence-electron chi connectivity index (χ0n) is 17.9. The molecule has 31 heavy (non-hydrogen) atoms. The van der Waals surface area contributed by atoms with Crippen molar-refractivity contribution in [1.82, 2.24) is 15.2 Å². The number of amides is 2. The van der Waals surface area contributed by atoms with Gasteiger partial charge in [0.15, 0.2) is 5.58 Å². The Morgan fingerprint density at radius 2 is 1.84 bits per heavy atom. The first kappa shape index (κ1) is 20.0. The van der Waals surface area contributed by atoms with Crippen LogP contribution in [0.5, 0.6) is 0 Å². The number of nitrogens with zero attached hydrogens (tertiary/aromatic N) is 2. The molecule has 1 atom stereocenters. The number of nitrogens with one attached hydrogen (secondary N) is 1. The summed E-state index contributed by atoms with van der Waals surface area (Å²) in [7, 11) is 0. The van der Waals surface area contributed by atoms with E-state index in [4.69, 9.17) is 9.40 Å². The predicted octanol–water partition coefficient (Wildman–Crippen LogP) is 6.12.